The Balaban J connectivity index is 2.10. The van der Waals surface area contributed by atoms with Gasteiger partial charge in [0, 0.05) is 13.1 Å². The van der Waals surface area contributed by atoms with Crippen LogP contribution in [-0.2, 0) is 0 Å². The minimum Gasteiger partial charge on any atom is -0.341 e. The van der Waals surface area contributed by atoms with Gasteiger partial charge in [-0.25, -0.2) is 9.97 Å². The first-order valence-corrected chi connectivity index (χ1v) is 5.37. The summed E-state index contributed by atoms with van der Waals surface area (Å²) in [6.45, 7) is 2.07. The normalized spacial score (nSPS) is 16.9. The van der Waals surface area contributed by atoms with E-state index < -0.39 is 0 Å². The Morgan fingerprint density at radius 2 is 1.67 bits per heavy atom. The third-order valence-electron chi connectivity index (χ3n) is 2.66. The quantitative estimate of drug-likeness (QED) is 0.696. The Hall–Kier alpha value is -1.63. The lowest BCUT2D eigenvalue weighted by molar-refractivity contribution is 0.726. The van der Waals surface area contributed by atoms with E-state index >= 15 is 0 Å². The zero-order valence-corrected chi connectivity index (χ0v) is 8.69. The molecule has 1 aromatic rings. The largest absolute Gasteiger partial charge is 0.341 e. The van der Waals surface area contributed by atoms with E-state index in [0.29, 0.717) is 5.56 Å². The Labute approximate surface area is 89.6 Å². The number of aromatic nitrogens is 2. The lowest BCUT2D eigenvalue weighted by atomic mass is 10.2. The van der Waals surface area contributed by atoms with Crippen molar-refractivity contribution in [1.82, 2.24) is 9.97 Å². The van der Waals surface area contributed by atoms with Gasteiger partial charge in [-0.1, -0.05) is 12.8 Å². The van der Waals surface area contributed by atoms with Crippen molar-refractivity contribution >= 4 is 5.95 Å². The second-order valence-electron chi connectivity index (χ2n) is 3.78. The number of nitrogens with zero attached hydrogens (tertiary/aromatic N) is 4. The molecule has 0 radical (unpaired) electrons. The average molecular weight is 202 g/mol. The summed E-state index contributed by atoms with van der Waals surface area (Å²) in [6, 6.07) is 2.03. The lowest BCUT2D eigenvalue weighted by Gasteiger charge is -2.19. The number of nitriles is 1. The van der Waals surface area contributed by atoms with Gasteiger partial charge in [0.15, 0.2) is 0 Å². The van der Waals surface area contributed by atoms with Crippen molar-refractivity contribution in [2.24, 2.45) is 0 Å². The summed E-state index contributed by atoms with van der Waals surface area (Å²) in [6.07, 6.45) is 8.20. The highest BCUT2D eigenvalue weighted by molar-refractivity contribution is 5.33. The van der Waals surface area contributed by atoms with Gasteiger partial charge in [0.05, 0.1) is 18.0 Å². The molecule has 78 valence electrons. The molecule has 4 heteroatoms. The molecule has 0 unspecified atom stereocenters. The van der Waals surface area contributed by atoms with Gasteiger partial charge in [0.25, 0.3) is 0 Å². The van der Waals surface area contributed by atoms with Crippen molar-refractivity contribution < 1.29 is 0 Å². The fraction of sp³-hybridized carbons (Fsp3) is 0.545. The van der Waals surface area contributed by atoms with Crippen LogP contribution in [0.2, 0.25) is 0 Å². The highest BCUT2D eigenvalue weighted by atomic mass is 15.2. The molecule has 0 amide bonds. The zero-order chi connectivity index (χ0) is 10.5. The van der Waals surface area contributed by atoms with E-state index in [4.69, 9.17) is 5.26 Å². The molecular formula is C11H14N4. The molecule has 4 nitrogen and oxygen atoms in total. The smallest absolute Gasteiger partial charge is 0.225 e. The molecule has 0 aromatic carbocycles. The predicted molar refractivity (Wildman–Crippen MR) is 57.4 cm³/mol. The van der Waals surface area contributed by atoms with Crippen molar-refractivity contribution in [2.45, 2.75) is 25.7 Å². The van der Waals surface area contributed by atoms with Gasteiger partial charge in [-0.2, -0.15) is 5.26 Å². The third-order valence-corrected chi connectivity index (χ3v) is 2.66. The van der Waals surface area contributed by atoms with E-state index in [1.807, 2.05) is 6.07 Å². The maximum Gasteiger partial charge on any atom is 0.225 e. The molecule has 0 saturated carbocycles. The van der Waals surface area contributed by atoms with Crippen LogP contribution in [0.1, 0.15) is 31.2 Å². The fourth-order valence-corrected chi connectivity index (χ4v) is 1.81. The van der Waals surface area contributed by atoms with Crippen molar-refractivity contribution in [1.29, 1.82) is 5.26 Å². The first kappa shape index (κ1) is 9.91. The molecule has 0 bridgehead atoms. The highest BCUT2D eigenvalue weighted by Gasteiger charge is 2.11. The predicted octanol–water partition coefficient (Wildman–Crippen LogP) is 1.73. The van der Waals surface area contributed by atoms with Gasteiger partial charge < -0.3 is 4.90 Å². The van der Waals surface area contributed by atoms with Crippen molar-refractivity contribution in [3.8, 4) is 6.07 Å². The van der Waals surface area contributed by atoms with Crippen LogP contribution in [0.25, 0.3) is 0 Å². The fourth-order valence-electron chi connectivity index (χ4n) is 1.81. The minimum absolute atomic E-state index is 0.522. The van der Waals surface area contributed by atoms with Gasteiger partial charge in [-0.05, 0) is 12.8 Å². The highest BCUT2D eigenvalue weighted by Crippen LogP contribution is 2.14. The van der Waals surface area contributed by atoms with Crippen molar-refractivity contribution in [3.63, 3.8) is 0 Å². The molecule has 0 N–H and O–H groups in total. The van der Waals surface area contributed by atoms with E-state index in [0.717, 1.165) is 19.0 Å². The van der Waals surface area contributed by atoms with Gasteiger partial charge in [0.2, 0.25) is 5.95 Å². The minimum atomic E-state index is 0.522. The summed E-state index contributed by atoms with van der Waals surface area (Å²) in [5, 5.41) is 8.64. The molecule has 1 saturated heterocycles. The van der Waals surface area contributed by atoms with Gasteiger partial charge >= 0.3 is 0 Å². The molecule has 0 spiro atoms. The first-order valence-electron chi connectivity index (χ1n) is 5.37. The molecule has 2 rings (SSSR count). The monoisotopic (exact) mass is 202 g/mol. The zero-order valence-electron chi connectivity index (χ0n) is 8.69. The topological polar surface area (TPSA) is 52.8 Å². The molecule has 1 aromatic heterocycles. The van der Waals surface area contributed by atoms with Crippen LogP contribution >= 0.6 is 0 Å². The van der Waals surface area contributed by atoms with Gasteiger partial charge in [-0.3, -0.25) is 0 Å². The molecule has 1 fully saturated rings. The molecule has 2 heterocycles. The summed E-state index contributed by atoms with van der Waals surface area (Å²) in [7, 11) is 0. The first-order chi connectivity index (χ1) is 7.40. The van der Waals surface area contributed by atoms with Crippen LogP contribution in [0.4, 0.5) is 5.95 Å². The van der Waals surface area contributed by atoms with E-state index in [1.165, 1.54) is 25.7 Å². The van der Waals surface area contributed by atoms with E-state index in [1.54, 1.807) is 12.4 Å². The van der Waals surface area contributed by atoms with E-state index in [9.17, 15) is 0 Å². The summed E-state index contributed by atoms with van der Waals surface area (Å²) < 4.78 is 0. The van der Waals surface area contributed by atoms with Crippen LogP contribution in [0.5, 0.6) is 0 Å². The number of rotatable bonds is 1. The maximum atomic E-state index is 8.64. The Kier molecular flexibility index (Phi) is 3.13. The SMILES string of the molecule is N#Cc1cnc(N2CCCCCC2)nc1. The average Bonchev–Trinajstić information content (AvgIpc) is 2.58. The van der Waals surface area contributed by atoms with Gasteiger partial charge in [-0.15, -0.1) is 0 Å². The van der Waals surface area contributed by atoms with Crippen molar-refractivity contribution in [3.05, 3.63) is 18.0 Å². The lowest BCUT2D eigenvalue weighted by Crippen LogP contribution is -2.25. The number of hydrogen-bond acceptors (Lipinski definition) is 4. The van der Waals surface area contributed by atoms with Crippen LogP contribution in [0, 0.1) is 11.3 Å². The third kappa shape index (κ3) is 2.44. The van der Waals surface area contributed by atoms with Gasteiger partial charge in [0.1, 0.15) is 6.07 Å². The maximum absolute atomic E-state index is 8.64. The standard InChI is InChI=1S/C11H14N4/c12-7-10-8-13-11(14-9-10)15-5-3-1-2-4-6-15/h8-9H,1-6H2. The van der Waals surface area contributed by atoms with E-state index in [-0.39, 0.29) is 0 Å². The van der Waals surface area contributed by atoms with E-state index in [2.05, 4.69) is 14.9 Å². The van der Waals surface area contributed by atoms with Crippen LogP contribution in [0.3, 0.4) is 0 Å². The molecule has 0 aliphatic carbocycles. The van der Waals surface area contributed by atoms with Crippen LogP contribution < -0.4 is 4.90 Å². The summed E-state index contributed by atoms with van der Waals surface area (Å²) in [5.41, 5.74) is 0.522. The molecule has 15 heavy (non-hydrogen) atoms. The van der Waals surface area contributed by atoms with Crippen LogP contribution in [-0.4, -0.2) is 23.1 Å². The Bertz CT molecular complexity index is 344. The van der Waals surface area contributed by atoms with Crippen LogP contribution in [0.15, 0.2) is 12.4 Å². The summed E-state index contributed by atoms with van der Waals surface area (Å²) >= 11 is 0. The summed E-state index contributed by atoms with van der Waals surface area (Å²) in [4.78, 5) is 10.6. The summed E-state index contributed by atoms with van der Waals surface area (Å²) in [5.74, 6) is 0.760. The Morgan fingerprint density at radius 3 is 2.20 bits per heavy atom. The number of anilines is 1. The Morgan fingerprint density at radius 1 is 1.07 bits per heavy atom. The second-order valence-corrected chi connectivity index (χ2v) is 3.78. The van der Waals surface area contributed by atoms with Crippen molar-refractivity contribution in [2.75, 3.05) is 18.0 Å². The number of hydrogen-bond donors (Lipinski definition) is 0. The molecule has 1 aliphatic heterocycles. The second kappa shape index (κ2) is 4.74. The molecule has 0 atom stereocenters. The molecular weight excluding hydrogens is 188 g/mol. The molecule has 1 aliphatic rings.